The minimum Gasteiger partial charge on any atom is -0.495 e. The molecule has 0 aliphatic rings. The van der Waals surface area contributed by atoms with Gasteiger partial charge in [0.05, 0.1) is 30.2 Å². The third-order valence-electron chi connectivity index (χ3n) is 3.67. The van der Waals surface area contributed by atoms with E-state index in [0.29, 0.717) is 18.7 Å². The Morgan fingerprint density at radius 1 is 1.22 bits per heavy atom. The summed E-state index contributed by atoms with van der Waals surface area (Å²) in [6, 6.07) is 7.71. The molecule has 5 heteroatoms. The largest absolute Gasteiger partial charge is 0.495 e. The van der Waals surface area contributed by atoms with Crippen LogP contribution in [-0.4, -0.2) is 36.0 Å². The monoisotopic (exact) mass is 313 g/mol. The van der Waals surface area contributed by atoms with E-state index in [1.54, 1.807) is 24.4 Å². The number of rotatable bonds is 6. The second-order valence-corrected chi connectivity index (χ2v) is 5.27. The molecule has 2 aromatic rings. The van der Waals surface area contributed by atoms with Crippen molar-refractivity contribution in [3.05, 3.63) is 47.8 Å². The molecular formula is C18H23N3O2. The number of carbonyl (C=O) groups is 1. The zero-order valence-electron chi connectivity index (χ0n) is 14.1. The Morgan fingerprint density at radius 3 is 2.61 bits per heavy atom. The highest BCUT2D eigenvalue weighted by Crippen LogP contribution is 2.28. The van der Waals surface area contributed by atoms with E-state index in [2.05, 4.69) is 10.3 Å². The highest BCUT2D eigenvalue weighted by atomic mass is 16.5. The van der Waals surface area contributed by atoms with Gasteiger partial charge in [-0.05, 0) is 44.5 Å². The molecule has 0 bridgehead atoms. The summed E-state index contributed by atoms with van der Waals surface area (Å²) in [5.74, 6) is 0.735. The number of methoxy groups -OCH3 is 1. The first kappa shape index (κ1) is 16.8. The summed E-state index contributed by atoms with van der Waals surface area (Å²) >= 11 is 0. The summed E-state index contributed by atoms with van der Waals surface area (Å²) in [5, 5.41) is 3.28. The average molecular weight is 313 g/mol. The molecule has 1 amide bonds. The van der Waals surface area contributed by atoms with E-state index in [1.165, 1.54) is 0 Å². The fourth-order valence-electron chi connectivity index (χ4n) is 2.39. The normalized spacial score (nSPS) is 10.3. The molecule has 0 fully saturated rings. The van der Waals surface area contributed by atoms with Crippen LogP contribution in [0.1, 0.15) is 29.8 Å². The zero-order chi connectivity index (χ0) is 16.8. The number of hydrogen-bond donors (Lipinski definition) is 1. The van der Waals surface area contributed by atoms with Crippen LogP contribution in [-0.2, 0) is 0 Å². The van der Waals surface area contributed by atoms with Gasteiger partial charge in [-0.25, -0.2) is 0 Å². The maximum absolute atomic E-state index is 12.4. The third kappa shape index (κ3) is 4.00. The van der Waals surface area contributed by atoms with Gasteiger partial charge in [-0.2, -0.15) is 0 Å². The minimum atomic E-state index is -0.0117. The van der Waals surface area contributed by atoms with Crippen molar-refractivity contribution >= 4 is 17.3 Å². The number of aryl methyl sites for hydroxylation is 1. The maximum Gasteiger partial charge on any atom is 0.255 e. The molecule has 5 nitrogen and oxygen atoms in total. The summed E-state index contributed by atoms with van der Waals surface area (Å²) in [6.07, 6.45) is 3.29. The van der Waals surface area contributed by atoms with Crippen LogP contribution in [0.2, 0.25) is 0 Å². The van der Waals surface area contributed by atoms with Crippen LogP contribution in [0.3, 0.4) is 0 Å². The van der Waals surface area contributed by atoms with Crippen LogP contribution in [0, 0.1) is 6.92 Å². The summed E-state index contributed by atoms with van der Waals surface area (Å²) in [6.45, 7) is 7.31. The first-order valence-electron chi connectivity index (χ1n) is 7.75. The van der Waals surface area contributed by atoms with Crippen LogP contribution >= 0.6 is 0 Å². The number of aromatic nitrogens is 1. The van der Waals surface area contributed by atoms with Gasteiger partial charge in [0.15, 0.2) is 0 Å². The third-order valence-corrected chi connectivity index (χ3v) is 3.67. The van der Waals surface area contributed by atoms with E-state index in [4.69, 9.17) is 4.74 Å². The van der Waals surface area contributed by atoms with Crippen LogP contribution < -0.4 is 10.1 Å². The molecule has 0 aliphatic carbocycles. The van der Waals surface area contributed by atoms with Gasteiger partial charge in [0.1, 0.15) is 5.75 Å². The molecule has 0 saturated carbocycles. The van der Waals surface area contributed by atoms with Crippen LogP contribution in [0.25, 0.3) is 0 Å². The number of ether oxygens (including phenoxy) is 1. The quantitative estimate of drug-likeness (QED) is 0.885. The lowest BCUT2D eigenvalue weighted by Gasteiger charge is -2.19. The molecule has 1 aromatic carbocycles. The molecule has 0 saturated heterocycles. The van der Waals surface area contributed by atoms with E-state index in [1.807, 2.05) is 45.0 Å². The molecule has 2 rings (SSSR count). The average Bonchev–Trinajstić information content (AvgIpc) is 2.56. The molecule has 0 unspecified atom stereocenters. The van der Waals surface area contributed by atoms with Gasteiger partial charge in [-0.1, -0.05) is 6.07 Å². The fraction of sp³-hybridized carbons (Fsp3) is 0.333. The van der Waals surface area contributed by atoms with E-state index >= 15 is 0 Å². The number of pyridine rings is 1. The smallest absolute Gasteiger partial charge is 0.255 e. The Hall–Kier alpha value is -2.56. The summed E-state index contributed by atoms with van der Waals surface area (Å²) in [4.78, 5) is 18.4. The van der Waals surface area contributed by atoms with Gasteiger partial charge < -0.3 is 15.0 Å². The summed E-state index contributed by atoms with van der Waals surface area (Å²) < 4.78 is 5.37. The number of carbonyl (C=O) groups excluding carboxylic acids is 1. The standard InChI is InChI=1S/C18H23N3O2/c1-5-21(6-2)18(22)14-10-15(12-19-11-14)20-16-9-13(3)7-8-17(16)23-4/h7-12,20H,5-6H2,1-4H3. The number of amides is 1. The van der Waals surface area contributed by atoms with E-state index < -0.39 is 0 Å². The van der Waals surface area contributed by atoms with Crippen molar-refractivity contribution in [3.63, 3.8) is 0 Å². The SMILES string of the molecule is CCN(CC)C(=O)c1cncc(Nc2cc(C)ccc2OC)c1. The molecule has 122 valence electrons. The van der Waals surface area contributed by atoms with Crippen molar-refractivity contribution < 1.29 is 9.53 Å². The molecule has 0 radical (unpaired) electrons. The van der Waals surface area contributed by atoms with E-state index in [-0.39, 0.29) is 5.91 Å². The van der Waals surface area contributed by atoms with Crippen LogP contribution in [0.5, 0.6) is 5.75 Å². The zero-order valence-corrected chi connectivity index (χ0v) is 14.1. The van der Waals surface area contributed by atoms with Gasteiger partial charge >= 0.3 is 0 Å². The molecule has 0 aliphatic heterocycles. The summed E-state index contributed by atoms with van der Waals surface area (Å²) in [5.41, 5.74) is 3.30. The summed E-state index contributed by atoms with van der Waals surface area (Å²) in [7, 11) is 1.63. The van der Waals surface area contributed by atoms with E-state index in [0.717, 1.165) is 22.7 Å². The van der Waals surface area contributed by atoms with Gasteiger partial charge in [-0.15, -0.1) is 0 Å². The predicted octanol–water partition coefficient (Wildman–Crippen LogP) is 3.62. The van der Waals surface area contributed by atoms with Gasteiger partial charge in [0, 0.05) is 19.3 Å². The Labute approximate surface area is 137 Å². The van der Waals surface area contributed by atoms with Gasteiger partial charge in [-0.3, -0.25) is 9.78 Å². The first-order chi connectivity index (χ1) is 11.1. The molecular weight excluding hydrogens is 290 g/mol. The molecule has 0 atom stereocenters. The fourth-order valence-corrected chi connectivity index (χ4v) is 2.39. The first-order valence-corrected chi connectivity index (χ1v) is 7.75. The molecule has 1 aromatic heterocycles. The van der Waals surface area contributed by atoms with Crippen LogP contribution in [0.4, 0.5) is 11.4 Å². The lowest BCUT2D eigenvalue weighted by molar-refractivity contribution is 0.0772. The van der Waals surface area contributed by atoms with Crippen molar-refractivity contribution in [2.75, 3.05) is 25.5 Å². The second kappa shape index (κ2) is 7.63. The molecule has 23 heavy (non-hydrogen) atoms. The number of nitrogens with zero attached hydrogens (tertiary/aromatic N) is 2. The Bertz CT molecular complexity index is 682. The van der Waals surface area contributed by atoms with Crippen molar-refractivity contribution in [1.29, 1.82) is 0 Å². The number of nitrogens with one attached hydrogen (secondary N) is 1. The van der Waals surface area contributed by atoms with Crippen molar-refractivity contribution in [1.82, 2.24) is 9.88 Å². The topological polar surface area (TPSA) is 54.5 Å². The lowest BCUT2D eigenvalue weighted by Crippen LogP contribution is -2.30. The van der Waals surface area contributed by atoms with Crippen LogP contribution in [0.15, 0.2) is 36.7 Å². The second-order valence-electron chi connectivity index (χ2n) is 5.27. The number of anilines is 2. The van der Waals surface area contributed by atoms with Gasteiger partial charge in [0.25, 0.3) is 5.91 Å². The predicted molar refractivity (Wildman–Crippen MR) is 92.5 cm³/mol. The highest BCUT2D eigenvalue weighted by molar-refractivity contribution is 5.95. The molecule has 0 spiro atoms. The maximum atomic E-state index is 12.4. The van der Waals surface area contributed by atoms with Crippen molar-refractivity contribution in [3.8, 4) is 5.75 Å². The Kier molecular flexibility index (Phi) is 5.57. The highest BCUT2D eigenvalue weighted by Gasteiger charge is 2.13. The van der Waals surface area contributed by atoms with Crippen molar-refractivity contribution in [2.24, 2.45) is 0 Å². The number of benzene rings is 1. The number of hydrogen-bond acceptors (Lipinski definition) is 4. The molecule has 1 N–H and O–H groups in total. The Morgan fingerprint density at radius 2 is 1.96 bits per heavy atom. The minimum absolute atomic E-state index is 0.0117. The van der Waals surface area contributed by atoms with Crippen molar-refractivity contribution in [2.45, 2.75) is 20.8 Å². The Balaban J connectivity index is 2.27. The van der Waals surface area contributed by atoms with Gasteiger partial charge in [0.2, 0.25) is 0 Å². The molecule has 1 heterocycles. The van der Waals surface area contributed by atoms with E-state index in [9.17, 15) is 4.79 Å². The lowest BCUT2D eigenvalue weighted by atomic mass is 10.2.